The van der Waals surface area contributed by atoms with Gasteiger partial charge >= 0.3 is 0 Å². The summed E-state index contributed by atoms with van der Waals surface area (Å²) in [6.07, 6.45) is 2.23. The van der Waals surface area contributed by atoms with Gasteiger partial charge in [0.15, 0.2) is 11.7 Å². The zero-order valence-corrected chi connectivity index (χ0v) is 18.5. The zero-order chi connectivity index (χ0) is 22.2. The molecule has 32 heavy (non-hydrogen) atoms. The monoisotopic (exact) mass is 467 g/mol. The lowest BCUT2D eigenvalue weighted by molar-refractivity contribution is -0.118. The van der Waals surface area contributed by atoms with Crippen LogP contribution in [0, 0.1) is 0 Å². The molecule has 4 aromatic rings. The summed E-state index contributed by atoms with van der Waals surface area (Å²) >= 11 is 2.76. The van der Waals surface area contributed by atoms with Crippen molar-refractivity contribution in [2.45, 2.75) is 19.9 Å². The predicted molar refractivity (Wildman–Crippen MR) is 124 cm³/mol. The lowest BCUT2D eigenvalue weighted by Gasteiger charge is -2.18. The average molecular weight is 468 g/mol. The van der Waals surface area contributed by atoms with Crippen LogP contribution in [0.1, 0.15) is 11.8 Å². The molecule has 0 radical (unpaired) electrons. The van der Waals surface area contributed by atoms with Crippen LogP contribution in [-0.2, 0) is 22.6 Å². The fourth-order valence-electron chi connectivity index (χ4n) is 3.32. The lowest BCUT2D eigenvalue weighted by atomic mass is 10.1. The maximum atomic E-state index is 12.7. The molecule has 2 amide bonds. The van der Waals surface area contributed by atoms with E-state index in [2.05, 4.69) is 20.6 Å². The van der Waals surface area contributed by atoms with E-state index >= 15 is 0 Å². The van der Waals surface area contributed by atoms with Crippen molar-refractivity contribution in [3.8, 4) is 17.0 Å². The number of rotatable bonds is 5. The smallest absolute Gasteiger partial charge is 0.262 e. The van der Waals surface area contributed by atoms with Crippen molar-refractivity contribution in [3.63, 3.8) is 0 Å². The third-order valence-electron chi connectivity index (χ3n) is 4.89. The van der Waals surface area contributed by atoms with Crippen molar-refractivity contribution in [2.75, 3.05) is 17.2 Å². The van der Waals surface area contributed by atoms with Crippen LogP contribution in [0.3, 0.4) is 0 Å². The standard InChI is InChI=1S/C21H17N5O4S2/c1-2-12-6-13-19(32-12)22-10-26(20(13)29)7-17(27)25-21-24-15(9-31-21)11-3-4-16-14(5-11)23-18(28)8-30-16/h3-6,9-10H,2,7-8H2,1H3,(H,23,28)(H,24,25,27). The first-order chi connectivity index (χ1) is 15.5. The van der Waals surface area contributed by atoms with E-state index < -0.39 is 0 Å². The maximum absolute atomic E-state index is 12.7. The number of benzene rings is 1. The van der Waals surface area contributed by atoms with Crippen molar-refractivity contribution in [2.24, 2.45) is 0 Å². The van der Waals surface area contributed by atoms with Crippen LogP contribution < -0.4 is 20.9 Å². The van der Waals surface area contributed by atoms with Crippen molar-refractivity contribution in [1.29, 1.82) is 0 Å². The summed E-state index contributed by atoms with van der Waals surface area (Å²) in [5.41, 5.74) is 1.78. The number of ether oxygens (including phenoxy) is 1. The normalized spacial score (nSPS) is 12.8. The highest BCUT2D eigenvalue weighted by Crippen LogP contribution is 2.33. The third-order valence-corrected chi connectivity index (χ3v) is 6.84. The van der Waals surface area contributed by atoms with Crippen LogP contribution in [0.4, 0.5) is 10.8 Å². The average Bonchev–Trinajstić information content (AvgIpc) is 3.42. The van der Waals surface area contributed by atoms with Gasteiger partial charge in [0.05, 0.1) is 23.1 Å². The van der Waals surface area contributed by atoms with Crippen molar-refractivity contribution in [1.82, 2.24) is 14.5 Å². The van der Waals surface area contributed by atoms with Gasteiger partial charge in [-0.1, -0.05) is 6.92 Å². The van der Waals surface area contributed by atoms with Crippen molar-refractivity contribution < 1.29 is 14.3 Å². The van der Waals surface area contributed by atoms with Gasteiger partial charge in [-0.3, -0.25) is 19.0 Å². The summed E-state index contributed by atoms with van der Waals surface area (Å²) in [7, 11) is 0. The minimum absolute atomic E-state index is 0.00303. The molecule has 0 saturated heterocycles. The first-order valence-corrected chi connectivity index (χ1v) is 11.5. The number of fused-ring (bicyclic) bond motifs is 2. The first-order valence-electron chi connectivity index (χ1n) is 9.80. The summed E-state index contributed by atoms with van der Waals surface area (Å²) < 4.78 is 6.66. The third kappa shape index (κ3) is 3.87. The second-order valence-electron chi connectivity index (χ2n) is 7.10. The number of anilines is 2. The van der Waals surface area contributed by atoms with Gasteiger partial charge in [0.1, 0.15) is 17.1 Å². The number of nitrogens with one attached hydrogen (secondary N) is 2. The molecule has 1 aliphatic rings. The van der Waals surface area contributed by atoms with Gasteiger partial charge in [-0.25, -0.2) is 9.97 Å². The molecule has 11 heteroatoms. The molecule has 0 spiro atoms. The molecule has 3 aromatic heterocycles. The van der Waals surface area contributed by atoms with Gasteiger partial charge in [0, 0.05) is 15.8 Å². The molecule has 0 unspecified atom stereocenters. The second kappa shape index (κ2) is 8.17. The Kier molecular flexibility index (Phi) is 5.19. The summed E-state index contributed by atoms with van der Waals surface area (Å²) in [5.74, 6) is 0.0215. The van der Waals surface area contributed by atoms with Gasteiger partial charge in [-0.2, -0.15) is 0 Å². The van der Waals surface area contributed by atoms with Crippen LogP contribution >= 0.6 is 22.7 Å². The summed E-state index contributed by atoms with van der Waals surface area (Å²) in [4.78, 5) is 47.2. The molecule has 0 fully saturated rings. The van der Waals surface area contributed by atoms with E-state index in [1.807, 2.05) is 19.1 Å². The van der Waals surface area contributed by atoms with E-state index in [4.69, 9.17) is 4.74 Å². The maximum Gasteiger partial charge on any atom is 0.262 e. The molecule has 1 aromatic carbocycles. The number of carbonyl (C=O) groups is 2. The summed E-state index contributed by atoms with van der Waals surface area (Å²) in [6, 6.07) is 7.22. The largest absolute Gasteiger partial charge is 0.482 e. The molecule has 1 aliphatic heterocycles. The van der Waals surface area contributed by atoms with Gasteiger partial charge in [0.25, 0.3) is 11.5 Å². The number of aromatic nitrogens is 3. The minimum atomic E-state index is -0.369. The number of amides is 2. The van der Waals surface area contributed by atoms with Crippen molar-refractivity contribution in [3.05, 3.63) is 51.2 Å². The molecule has 0 aliphatic carbocycles. The fraction of sp³-hybridized carbons (Fsp3) is 0.190. The lowest BCUT2D eigenvalue weighted by Crippen LogP contribution is -2.27. The van der Waals surface area contributed by atoms with E-state index in [1.54, 1.807) is 17.5 Å². The Morgan fingerprint density at radius 3 is 3.03 bits per heavy atom. The Morgan fingerprint density at radius 2 is 2.19 bits per heavy atom. The molecular formula is C21H17N5O4S2. The molecule has 162 valence electrons. The number of thiophene rings is 1. The molecule has 2 N–H and O–H groups in total. The quantitative estimate of drug-likeness (QED) is 0.466. The number of aryl methyl sites for hydroxylation is 1. The molecule has 9 nitrogen and oxygen atoms in total. The zero-order valence-electron chi connectivity index (χ0n) is 16.9. The molecule has 0 bridgehead atoms. The summed E-state index contributed by atoms with van der Waals surface area (Å²) in [5, 5.41) is 8.24. The van der Waals surface area contributed by atoms with E-state index in [0.717, 1.165) is 16.9 Å². The molecule has 4 heterocycles. The number of thiazole rings is 1. The van der Waals surface area contributed by atoms with E-state index in [0.29, 0.717) is 32.5 Å². The fourth-order valence-corrected chi connectivity index (χ4v) is 4.98. The Hall–Kier alpha value is -3.57. The Bertz CT molecular complexity index is 1420. The molecule has 0 atom stereocenters. The van der Waals surface area contributed by atoms with Crippen molar-refractivity contribution >= 4 is 55.5 Å². The number of hydrogen-bond donors (Lipinski definition) is 2. The minimum Gasteiger partial charge on any atom is -0.482 e. The van der Waals surface area contributed by atoms with E-state index in [1.165, 1.54) is 33.6 Å². The second-order valence-corrected chi connectivity index (χ2v) is 9.07. The van der Waals surface area contributed by atoms with Gasteiger partial charge < -0.3 is 15.4 Å². The summed E-state index contributed by atoms with van der Waals surface area (Å²) in [6.45, 7) is 1.86. The highest BCUT2D eigenvalue weighted by atomic mass is 32.1. The first kappa shape index (κ1) is 20.3. The highest BCUT2D eigenvalue weighted by molar-refractivity contribution is 7.18. The van der Waals surface area contributed by atoms with E-state index in [9.17, 15) is 14.4 Å². The van der Waals surface area contributed by atoms with Gasteiger partial charge in [-0.05, 0) is 30.7 Å². The van der Waals surface area contributed by atoms with Crippen LogP contribution in [0.15, 0.2) is 40.8 Å². The Labute approximate surface area is 189 Å². The molecule has 0 saturated carbocycles. The predicted octanol–water partition coefficient (Wildman–Crippen LogP) is 3.11. The number of nitrogens with zero attached hydrogens (tertiary/aromatic N) is 3. The van der Waals surface area contributed by atoms with Crippen LogP contribution in [0.2, 0.25) is 0 Å². The highest BCUT2D eigenvalue weighted by Gasteiger charge is 2.17. The number of hydrogen-bond acceptors (Lipinski definition) is 8. The van der Waals surface area contributed by atoms with Gasteiger partial charge in [-0.15, -0.1) is 22.7 Å². The van der Waals surface area contributed by atoms with Crippen LogP contribution in [0.25, 0.3) is 21.5 Å². The molecule has 5 rings (SSSR count). The molecular weight excluding hydrogens is 450 g/mol. The topological polar surface area (TPSA) is 115 Å². The Balaban J connectivity index is 1.31. The van der Waals surface area contributed by atoms with Crippen LogP contribution in [0.5, 0.6) is 5.75 Å². The van der Waals surface area contributed by atoms with Crippen LogP contribution in [-0.4, -0.2) is 33.0 Å². The SMILES string of the molecule is CCc1cc2c(=O)n(CC(=O)Nc3nc(-c4ccc5c(c4)NC(=O)CO5)cs3)cnc2s1. The Morgan fingerprint density at radius 1 is 1.31 bits per heavy atom. The van der Waals surface area contributed by atoms with E-state index in [-0.39, 0.29) is 30.5 Å². The van der Waals surface area contributed by atoms with Gasteiger partial charge in [0.2, 0.25) is 5.91 Å². The number of carbonyl (C=O) groups excluding carboxylic acids is 2.